The van der Waals surface area contributed by atoms with Gasteiger partial charge in [-0.1, -0.05) is 48.2 Å². The number of hydrogen-bond donors (Lipinski definition) is 0. The van der Waals surface area contributed by atoms with Gasteiger partial charge < -0.3 is 4.90 Å². The van der Waals surface area contributed by atoms with Gasteiger partial charge in [0.05, 0.1) is 12.3 Å². The van der Waals surface area contributed by atoms with Gasteiger partial charge in [0, 0.05) is 36.5 Å². The van der Waals surface area contributed by atoms with Gasteiger partial charge in [-0.15, -0.1) is 16.4 Å². The zero-order valence-corrected chi connectivity index (χ0v) is 19.6. The topological polar surface area (TPSA) is 101 Å². The molecule has 3 aromatic rings. The van der Waals surface area contributed by atoms with E-state index in [0.717, 1.165) is 10.4 Å². The summed E-state index contributed by atoms with van der Waals surface area (Å²) in [6, 6.07) is 13.3. The maximum atomic E-state index is 12.6. The highest BCUT2D eigenvalue weighted by molar-refractivity contribution is 7.99. The van der Waals surface area contributed by atoms with Crippen LogP contribution in [-0.4, -0.2) is 75.7 Å². The van der Waals surface area contributed by atoms with Crippen molar-refractivity contribution in [1.82, 2.24) is 29.4 Å². The van der Waals surface area contributed by atoms with Crippen molar-refractivity contribution in [3.63, 3.8) is 0 Å². The lowest BCUT2D eigenvalue weighted by atomic mass is 10.2. The number of benzene rings is 1. The first-order valence-electron chi connectivity index (χ1n) is 9.94. The number of piperazine rings is 1. The molecule has 0 radical (unpaired) electrons. The summed E-state index contributed by atoms with van der Waals surface area (Å²) in [6.07, 6.45) is 1.59. The molecule has 0 saturated carbocycles. The number of carbonyl (C=O) groups excluding carboxylic acids is 1. The minimum atomic E-state index is -3.53. The van der Waals surface area contributed by atoms with Crippen molar-refractivity contribution >= 4 is 45.1 Å². The lowest BCUT2D eigenvalue weighted by molar-refractivity contribution is -0.129. The van der Waals surface area contributed by atoms with E-state index in [1.54, 1.807) is 27.0 Å². The predicted octanol–water partition coefficient (Wildman–Crippen LogP) is 2.02. The van der Waals surface area contributed by atoms with Crippen LogP contribution in [0.3, 0.4) is 0 Å². The molecule has 4 rings (SSSR count). The van der Waals surface area contributed by atoms with Gasteiger partial charge in [-0.05, 0) is 33.5 Å². The summed E-state index contributed by atoms with van der Waals surface area (Å²) in [4.78, 5) is 15.5. The highest BCUT2D eigenvalue weighted by Gasteiger charge is 2.27. The molecule has 0 bridgehead atoms. The van der Waals surface area contributed by atoms with Crippen molar-refractivity contribution in [3.05, 3.63) is 63.7 Å². The molecule has 1 fully saturated rings. The van der Waals surface area contributed by atoms with Gasteiger partial charge in [0.15, 0.2) is 0 Å². The number of amides is 1. The van der Waals surface area contributed by atoms with Crippen LogP contribution in [0.25, 0.3) is 6.08 Å². The number of thioether (sulfide) groups is 1. The first-order chi connectivity index (χ1) is 15.5. The minimum absolute atomic E-state index is 0.0578. The molecule has 3 heterocycles. The van der Waals surface area contributed by atoms with Gasteiger partial charge in [-0.2, -0.15) is 4.31 Å². The third-order valence-electron chi connectivity index (χ3n) is 4.89. The van der Waals surface area contributed by atoms with E-state index in [1.807, 2.05) is 47.8 Å². The second-order valence-corrected chi connectivity index (χ2v) is 10.8. The molecule has 1 aliphatic heterocycles. The van der Waals surface area contributed by atoms with E-state index in [0.29, 0.717) is 24.8 Å². The molecule has 12 heteroatoms. The molecular formula is C20H22N6O3S3. The van der Waals surface area contributed by atoms with Crippen LogP contribution in [0.15, 0.2) is 58.4 Å². The Labute approximate surface area is 194 Å². The van der Waals surface area contributed by atoms with Crippen molar-refractivity contribution < 1.29 is 13.2 Å². The molecule has 9 nitrogen and oxygen atoms in total. The van der Waals surface area contributed by atoms with E-state index in [1.165, 1.54) is 21.5 Å². The fourth-order valence-corrected chi connectivity index (χ4v) is 5.81. The van der Waals surface area contributed by atoms with E-state index in [9.17, 15) is 13.2 Å². The summed E-state index contributed by atoms with van der Waals surface area (Å²) in [5.74, 6) is 0.142. The van der Waals surface area contributed by atoms with Crippen LogP contribution in [0.1, 0.15) is 10.4 Å². The summed E-state index contributed by atoms with van der Waals surface area (Å²) < 4.78 is 28.3. The molecule has 1 aliphatic rings. The average molecular weight is 491 g/mol. The SMILES string of the molecule is O=C(CSc1nnnn1Cc1cccs1)N1CCN(S(=O)(=O)C=Cc2ccccc2)CC1. The van der Waals surface area contributed by atoms with Gasteiger partial charge >= 0.3 is 0 Å². The highest BCUT2D eigenvalue weighted by Crippen LogP contribution is 2.19. The molecule has 1 amide bonds. The van der Waals surface area contributed by atoms with Crippen molar-refractivity contribution in [2.75, 3.05) is 31.9 Å². The Bertz CT molecular complexity index is 1150. The van der Waals surface area contributed by atoms with Crippen LogP contribution in [-0.2, 0) is 21.4 Å². The molecule has 0 N–H and O–H groups in total. The van der Waals surface area contributed by atoms with Crippen LogP contribution in [0.5, 0.6) is 0 Å². The largest absolute Gasteiger partial charge is 0.339 e. The van der Waals surface area contributed by atoms with E-state index in [4.69, 9.17) is 0 Å². The summed E-state index contributed by atoms with van der Waals surface area (Å²) in [6.45, 7) is 1.83. The van der Waals surface area contributed by atoms with E-state index >= 15 is 0 Å². The summed E-state index contributed by atoms with van der Waals surface area (Å²) in [5, 5.41) is 15.5. The Hall–Kier alpha value is -2.54. The second kappa shape index (κ2) is 10.4. The van der Waals surface area contributed by atoms with E-state index in [-0.39, 0.29) is 24.7 Å². The van der Waals surface area contributed by atoms with Crippen LogP contribution in [0.2, 0.25) is 0 Å². The number of sulfonamides is 1. The number of aromatic nitrogens is 4. The number of rotatable bonds is 8. The molecule has 0 unspecified atom stereocenters. The molecule has 1 aromatic carbocycles. The molecule has 1 saturated heterocycles. The molecule has 0 atom stereocenters. The van der Waals surface area contributed by atoms with Crippen LogP contribution in [0, 0.1) is 0 Å². The van der Waals surface area contributed by atoms with Crippen molar-refractivity contribution in [2.45, 2.75) is 11.7 Å². The van der Waals surface area contributed by atoms with Gasteiger partial charge in [0.2, 0.25) is 21.1 Å². The smallest absolute Gasteiger partial charge is 0.236 e. The van der Waals surface area contributed by atoms with Crippen LogP contribution >= 0.6 is 23.1 Å². The molecule has 2 aromatic heterocycles. The van der Waals surface area contributed by atoms with Crippen molar-refractivity contribution in [3.8, 4) is 0 Å². The summed E-state index contributed by atoms with van der Waals surface area (Å²) in [7, 11) is -3.53. The zero-order valence-electron chi connectivity index (χ0n) is 17.1. The molecule has 0 spiro atoms. The van der Waals surface area contributed by atoms with Gasteiger partial charge in [-0.3, -0.25) is 4.79 Å². The molecule has 32 heavy (non-hydrogen) atoms. The predicted molar refractivity (Wildman–Crippen MR) is 125 cm³/mol. The maximum absolute atomic E-state index is 12.6. The fourth-order valence-electron chi connectivity index (χ4n) is 3.17. The van der Waals surface area contributed by atoms with Gasteiger partial charge in [0.25, 0.3) is 0 Å². The molecular weight excluding hydrogens is 468 g/mol. The second-order valence-electron chi connectivity index (χ2n) is 7.03. The van der Waals surface area contributed by atoms with Gasteiger partial charge in [-0.25, -0.2) is 13.1 Å². The first-order valence-corrected chi connectivity index (χ1v) is 13.3. The Morgan fingerprint density at radius 1 is 1.09 bits per heavy atom. The number of tetrazole rings is 1. The van der Waals surface area contributed by atoms with E-state index in [2.05, 4.69) is 15.5 Å². The number of nitrogens with zero attached hydrogens (tertiary/aromatic N) is 6. The fraction of sp³-hybridized carbons (Fsp3) is 0.300. The quantitative estimate of drug-likeness (QED) is 0.445. The van der Waals surface area contributed by atoms with Crippen molar-refractivity contribution in [2.24, 2.45) is 0 Å². The lowest BCUT2D eigenvalue weighted by Crippen LogP contribution is -2.50. The average Bonchev–Trinajstić information content (AvgIpc) is 3.49. The van der Waals surface area contributed by atoms with Crippen LogP contribution in [0.4, 0.5) is 0 Å². The Morgan fingerprint density at radius 3 is 2.59 bits per heavy atom. The number of carbonyl (C=O) groups is 1. The molecule has 168 valence electrons. The van der Waals surface area contributed by atoms with E-state index < -0.39 is 10.0 Å². The van der Waals surface area contributed by atoms with Gasteiger partial charge in [0.1, 0.15) is 0 Å². The monoisotopic (exact) mass is 490 g/mol. The highest BCUT2D eigenvalue weighted by atomic mass is 32.2. The standard InChI is InChI=1S/C20H22N6O3S3/c27-19(16-31-20-21-22-23-26(20)15-18-7-4-13-30-18)24-9-11-25(12-10-24)32(28,29)14-8-17-5-2-1-3-6-17/h1-8,13-14H,9-12,15-16H2. The third-order valence-corrected chi connectivity index (χ3v) is 8.26. The first kappa shape index (κ1) is 22.6. The van der Waals surface area contributed by atoms with Crippen molar-refractivity contribution in [1.29, 1.82) is 0 Å². The summed E-state index contributed by atoms with van der Waals surface area (Å²) in [5.41, 5.74) is 0.823. The number of thiophene rings is 1. The minimum Gasteiger partial charge on any atom is -0.339 e. The Kier molecular flexibility index (Phi) is 7.35. The Morgan fingerprint density at radius 2 is 1.88 bits per heavy atom. The number of hydrogen-bond acceptors (Lipinski definition) is 8. The van der Waals surface area contributed by atoms with Crippen LogP contribution < -0.4 is 0 Å². The summed E-state index contributed by atoms with van der Waals surface area (Å²) >= 11 is 2.91. The maximum Gasteiger partial charge on any atom is 0.236 e. The third kappa shape index (κ3) is 5.82. The normalized spacial score (nSPS) is 15.4. The zero-order chi connectivity index (χ0) is 22.4. The Balaban J connectivity index is 1.27. The molecule has 0 aliphatic carbocycles. The lowest BCUT2D eigenvalue weighted by Gasteiger charge is -2.33.